The monoisotopic (exact) mass is 336 g/mol. The minimum absolute atomic E-state index is 0.126. The molecule has 0 spiro atoms. The molecule has 0 radical (unpaired) electrons. The average Bonchev–Trinajstić information content (AvgIpc) is 2.79. The first-order chi connectivity index (χ1) is 6.81. The number of hydrogen-bond acceptors (Lipinski definition) is 4. The van der Waals surface area contributed by atoms with Gasteiger partial charge >= 0.3 is 0 Å². The largest absolute Gasteiger partial charge is 0.271 e. The van der Waals surface area contributed by atoms with Crippen LogP contribution in [0, 0.1) is 2.88 Å². The van der Waals surface area contributed by atoms with Gasteiger partial charge in [-0.05, 0) is 62.0 Å². The van der Waals surface area contributed by atoms with Crippen LogP contribution >= 0.6 is 45.3 Å². The summed E-state index contributed by atoms with van der Waals surface area (Å²) in [4.78, 5) is 0. The summed E-state index contributed by atoms with van der Waals surface area (Å²) in [5, 5.41) is 6.33. The average molecular weight is 336 g/mol. The Bertz CT molecular complexity index is 397. The third kappa shape index (κ3) is 2.17. The summed E-state index contributed by atoms with van der Waals surface area (Å²) >= 11 is 5.75. The molecule has 74 valence electrons. The molecule has 0 saturated heterocycles. The molecule has 2 aromatic rings. The number of hydrogen-bond donors (Lipinski definition) is 2. The second-order valence-electron chi connectivity index (χ2n) is 2.84. The lowest BCUT2D eigenvalue weighted by Gasteiger charge is -2.12. The highest BCUT2D eigenvalue weighted by Crippen LogP contribution is 2.27. The SMILES string of the molecule is NNC(c1ccsc1)c1csc(I)c1. The van der Waals surface area contributed by atoms with E-state index in [1.807, 2.05) is 0 Å². The second kappa shape index (κ2) is 4.71. The summed E-state index contributed by atoms with van der Waals surface area (Å²) in [7, 11) is 0. The van der Waals surface area contributed by atoms with Gasteiger partial charge in [-0.1, -0.05) is 0 Å². The first kappa shape index (κ1) is 10.6. The van der Waals surface area contributed by atoms with Gasteiger partial charge < -0.3 is 0 Å². The Balaban J connectivity index is 2.31. The molecule has 0 aliphatic carbocycles. The van der Waals surface area contributed by atoms with Crippen molar-refractivity contribution >= 4 is 45.3 Å². The van der Waals surface area contributed by atoms with Crippen LogP contribution in [0.5, 0.6) is 0 Å². The zero-order valence-corrected chi connectivity index (χ0v) is 11.0. The standard InChI is InChI=1S/C9H9IN2S2/c10-8-3-7(5-14-8)9(12-11)6-1-2-13-4-6/h1-5,9,12H,11H2. The van der Waals surface area contributed by atoms with Crippen LogP contribution in [0.3, 0.4) is 0 Å². The number of hydrazine groups is 1. The van der Waals surface area contributed by atoms with Gasteiger partial charge in [0.2, 0.25) is 0 Å². The lowest BCUT2D eigenvalue weighted by molar-refractivity contribution is 0.640. The molecular formula is C9H9IN2S2. The normalized spacial score (nSPS) is 13.0. The van der Waals surface area contributed by atoms with Crippen LogP contribution in [0.2, 0.25) is 0 Å². The minimum atomic E-state index is 0.126. The number of thiophene rings is 2. The van der Waals surface area contributed by atoms with Crippen molar-refractivity contribution in [1.29, 1.82) is 0 Å². The maximum absolute atomic E-state index is 5.56. The minimum Gasteiger partial charge on any atom is -0.271 e. The van der Waals surface area contributed by atoms with Crippen LogP contribution in [0.15, 0.2) is 28.3 Å². The van der Waals surface area contributed by atoms with Gasteiger partial charge in [-0.25, -0.2) is 5.43 Å². The molecule has 0 bridgehead atoms. The molecule has 2 heterocycles. The van der Waals surface area contributed by atoms with Gasteiger partial charge in [-0.15, -0.1) is 11.3 Å². The number of halogens is 1. The number of nitrogens with two attached hydrogens (primary N) is 1. The third-order valence-corrected chi connectivity index (χ3v) is 4.47. The summed E-state index contributed by atoms with van der Waals surface area (Å²) in [5.74, 6) is 5.56. The van der Waals surface area contributed by atoms with E-state index in [0.717, 1.165) is 0 Å². The van der Waals surface area contributed by atoms with E-state index in [9.17, 15) is 0 Å². The van der Waals surface area contributed by atoms with Gasteiger partial charge in [0.1, 0.15) is 0 Å². The second-order valence-corrected chi connectivity index (χ2v) is 6.43. The van der Waals surface area contributed by atoms with Crippen LogP contribution in [-0.4, -0.2) is 0 Å². The van der Waals surface area contributed by atoms with E-state index in [2.05, 4.69) is 56.3 Å². The van der Waals surface area contributed by atoms with Gasteiger partial charge in [-0.3, -0.25) is 5.84 Å². The quantitative estimate of drug-likeness (QED) is 0.514. The molecule has 0 saturated carbocycles. The van der Waals surface area contributed by atoms with E-state index in [-0.39, 0.29) is 6.04 Å². The van der Waals surface area contributed by atoms with Gasteiger partial charge in [0.15, 0.2) is 0 Å². The molecule has 2 nitrogen and oxygen atoms in total. The van der Waals surface area contributed by atoms with Crippen molar-refractivity contribution in [3.63, 3.8) is 0 Å². The lowest BCUT2D eigenvalue weighted by atomic mass is 10.1. The van der Waals surface area contributed by atoms with E-state index < -0.39 is 0 Å². The molecule has 0 fully saturated rings. The molecule has 2 rings (SSSR count). The molecule has 1 unspecified atom stereocenters. The fourth-order valence-electron chi connectivity index (χ4n) is 1.30. The highest BCUT2D eigenvalue weighted by atomic mass is 127. The molecule has 1 atom stereocenters. The Morgan fingerprint density at radius 2 is 2.21 bits per heavy atom. The molecule has 3 N–H and O–H groups in total. The van der Waals surface area contributed by atoms with Crippen molar-refractivity contribution < 1.29 is 0 Å². The summed E-state index contributed by atoms with van der Waals surface area (Å²) in [5.41, 5.74) is 5.31. The Morgan fingerprint density at radius 1 is 1.36 bits per heavy atom. The van der Waals surface area contributed by atoms with Gasteiger partial charge in [0.25, 0.3) is 0 Å². The highest BCUT2D eigenvalue weighted by molar-refractivity contribution is 14.1. The highest BCUT2D eigenvalue weighted by Gasteiger charge is 2.13. The molecule has 0 aromatic carbocycles. The van der Waals surface area contributed by atoms with Crippen LogP contribution in [0.1, 0.15) is 17.2 Å². The number of nitrogens with one attached hydrogen (secondary N) is 1. The van der Waals surface area contributed by atoms with Gasteiger partial charge in [0, 0.05) is 0 Å². The van der Waals surface area contributed by atoms with Crippen molar-refractivity contribution in [2.24, 2.45) is 5.84 Å². The maximum atomic E-state index is 5.56. The Hall–Kier alpha value is 0.0500. The molecule has 14 heavy (non-hydrogen) atoms. The zero-order chi connectivity index (χ0) is 9.97. The Morgan fingerprint density at radius 3 is 2.71 bits per heavy atom. The Labute approximate surface area is 104 Å². The van der Waals surface area contributed by atoms with Crippen LogP contribution in [0.25, 0.3) is 0 Å². The smallest absolute Gasteiger partial charge is 0.0726 e. The van der Waals surface area contributed by atoms with E-state index in [0.29, 0.717) is 0 Å². The summed E-state index contributed by atoms with van der Waals surface area (Å²) < 4.78 is 1.29. The first-order valence-electron chi connectivity index (χ1n) is 4.03. The van der Waals surface area contributed by atoms with Gasteiger partial charge in [-0.2, -0.15) is 11.3 Å². The van der Waals surface area contributed by atoms with Crippen molar-refractivity contribution in [2.75, 3.05) is 0 Å². The lowest BCUT2D eigenvalue weighted by Crippen LogP contribution is -2.28. The molecular weight excluding hydrogens is 327 g/mol. The fourth-order valence-corrected chi connectivity index (χ4v) is 3.38. The van der Waals surface area contributed by atoms with Crippen molar-refractivity contribution in [2.45, 2.75) is 6.04 Å². The van der Waals surface area contributed by atoms with E-state index in [1.54, 1.807) is 22.7 Å². The first-order valence-corrected chi connectivity index (χ1v) is 6.93. The fraction of sp³-hybridized carbons (Fsp3) is 0.111. The maximum Gasteiger partial charge on any atom is 0.0726 e. The summed E-state index contributed by atoms with van der Waals surface area (Å²) in [6.45, 7) is 0. The number of rotatable bonds is 3. The van der Waals surface area contributed by atoms with E-state index in [1.165, 1.54) is 14.0 Å². The molecule has 0 aliphatic heterocycles. The third-order valence-electron chi connectivity index (χ3n) is 1.96. The van der Waals surface area contributed by atoms with Crippen molar-refractivity contribution in [3.8, 4) is 0 Å². The zero-order valence-electron chi connectivity index (χ0n) is 7.24. The Kier molecular flexibility index (Phi) is 3.56. The predicted octanol–water partition coefficient (Wildman–Crippen LogP) is 2.97. The van der Waals surface area contributed by atoms with Crippen molar-refractivity contribution in [3.05, 3.63) is 42.3 Å². The molecule has 2 aromatic heterocycles. The molecule has 0 amide bonds. The topological polar surface area (TPSA) is 38.0 Å². The van der Waals surface area contributed by atoms with E-state index in [4.69, 9.17) is 5.84 Å². The molecule has 5 heteroatoms. The van der Waals surface area contributed by atoms with E-state index >= 15 is 0 Å². The van der Waals surface area contributed by atoms with Gasteiger partial charge in [0.05, 0.1) is 8.93 Å². The molecule has 0 aliphatic rings. The van der Waals surface area contributed by atoms with Crippen LogP contribution in [0.4, 0.5) is 0 Å². The van der Waals surface area contributed by atoms with Crippen LogP contribution < -0.4 is 11.3 Å². The van der Waals surface area contributed by atoms with Crippen molar-refractivity contribution in [1.82, 2.24) is 5.43 Å². The predicted molar refractivity (Wildman–Crippen MR) is 70.5 cm³/mol. The summed E-state index contributed by atoms with van der Waals surface area (Å²) in [6, 6.07) is 4.38. The summed E-state index contributed by atoms with van der Waals surface area (Å²) in [6.07, 6.45) is 0. The van der Waals surface area contributed by atoms with Crippen LogP contribution in [-0.2, 0) is 0 Å².